The molecular formula is C13H22O3. The Balaban J connectivity index is 2.64. The topological polar surface area (TPSA) is 54.4 Å². The third-order valence-electron chi connectivity index (χ3n) is 3.93. The first-order valence-electron chi connectivity index (χ1n) is 6.25. The minimum absolute atomic E-state index is 0.0503. The van der Waals surface area contributed by atoms with Gasteiger partial charge >= 0.3 is 5.97 Å². The van der Waals surface area contributed by atoms with E-state index < -0.39 is 11.4 Å². The number of carboxylic acid groups (broad SMARTS) is 1. The van der Waals surface area contributed by atoms with Crippen molar-refractivity contribution in [3.63, 3.8) is 0 Å². The Morgan fingerprint density at radius 3 is 2.62 bits per heavy atom. The van der Waals surface area contributed by atoms with Crippen LogP contribution in [0.4, 0.5) is 0 Å². The number of carbonyl (C=O) groups excluding carboxylic acids is 1. The molecule has 0 aromatic heterocycles. The second-order valence-electron chi connectivity index (χ2n) is 5.16. The molecule has 0 saturated heterocycles. The number of aliphatic carboxylic acids is 1. The summed E-state index contributed by atoms with van der Waals surface area (Å²) in [5, 5.41) is 9.37. The number of hydrogen-bond donors (Lipinski definition) is 1. The van der Waals surface area contributed by atoms with Crippen LogP contribution in [-0.2, 0) is 9.59 Å². The monoisotopic (exact) mass is 226 g/mol. The lowest BCUT2D eigenvalue weighted by atomic mass is 9.72. The maximum atomic E-state index is 11.4. The summed E-state index contributed by atoms with van der Waals surface area (Å²) >= 11 is 0. The highest BCUT2D eigenvalue weighted by Gasteiger charge is 2.43. The van der Waals surface area contributed by atoms with Crippen molar-refractivity contribution in [3.05, 3.63) is 0 Å². The minimum atomic E-state index is -0.733. The summed E-state index contributed by atoms with van der Waals surface area (Å²) in [5.41, 5.74) is -0.693. The molecule has 2 atom stereocenters. The van der Waals surface area contributed by atoms with Crippen LogP contribution in [0.1, 0.15) is 58.8 Å². The van der Waals surface area contributed by atoms with Crippen LogP contribution in [0.3, 0.4) is 0 Å². The molecule has 1 fully saturated rings. The molecule has 1 aliphatic rings. The molecule has 1 saturated carbocycles. The lowest BCUT2D eigenvalue weighted by molar-refractivity contribution is -0.152. The van der Waals surface area contributed by atoms with Gasteiger partial charge in [0, 0.05) is 12.8 Å². The molecule has 0 amide bonds. The van der Waals surface area contributed by atoms with Gasteiger partial charge in [-0.1, -0.05) is 26.2 Å². The summed E-state index contributed by atoms with van der Waals surface area (Å²) in [6.45, 7) is 3.92. The highest BCUT2D eigenvalue weighted by molar-refractivity contribution is 5.83. The van der Waals surface area contributed by atoms with Crippen LogP contribution < -0.4 is 0 Å². The van der Waals surface area contributed by atoms with E-state index in [1.165, 1.54) is 0 Å². The predicted molar refractivity (Wildman–Crippen MR) is 62.2 cm³/mol. The van der Waals surface area contributed by atoms with Gasteiger partial charge in [-0.15, -0.1) is 0 Å². The molecule has 0 aliphatic heterocycles. The summed E-state index contributed by atoms with van der Waals surface area (Å²) in [6.07, 6.45) is 5.62. The second kappa shape index (κ2) is 5.46. The summed E-state index contributed by atoms with van der Waals surface area (Å²) in [4.78, 5) is 22.7. The van der Waals surface area contributed by atoms with Crippen molar-refractivity contribution in [2.75, 3.05) is 0 Å². The van der Waals surface area contributed by atoms with E-state index in [0.29, 0.717) is 19.3 Å². The number of carbonyl (C=O) groups is 2. The Kier molecular flexibility index (Phi) is 4.51. The van der Waals surface area contributed by atoms with Gasteiger partial charge in [0.25, 0.3) is 0 Å². The van der Waals surface area contributed by atoms with Crippen molar-refractivity contribution in [1.29, 1.82) is 0 Å². The third-order valence-corrected chi connectivity index (χ3v) is 3.93. The van der Waals surface area contributed by atoms with Gasteiger partial charge in [-0.2, -0.15) is 0 Å². The fraction of sp³-hybridized carbons (Fsp3) is 0.846. The van der Waals surface area contributed by atoms with E-state index in [-0.39, 0.29) is 11.7 Å². The zero-order valence-corrected chi connectivity index (χ0v) is 10.3. The van der Waals surface area contributed by atoms with Crippen molar-refractivity contribution in [2.24, 2.45) is 11.3 Å². The van der Waals surface area contributed by atoms with Crippen LogP contribution in [0.5, 0.6) is 0 Å². The third kappa shape index (κ3) is 2.83. The van der Waals surface area contributed by atoms with Crippen LogP contribution in [0.2, 0.25) is 0 Å². The lowest BCUT2D eigenvalue weighted by Gasteiger charge is -2.30. The summed E-state index contributed by atoms with van der Waals surface area (Å²) in [5.74, 6) is -0.453. The number of ketones is 1. The molecule has 3 nitrogen and oxygen atoms in total. The highest BCUT2D eigenvalue weighted by atomic mass is 16.4. The largest absolute Gasteiger partial charge is 0.481 e. The van der Waals surface area contributed by atoms with E-state index in [0.717, 1.165) is 25.7 Å². The Bertz CT molecular complexity index is 272. The molecule has 0 heterocycles. The minimum Gasteiger partial charge on any atom is -0.481 e. The van der Waals surface area contributed by atoms with Crippen LogP contribution in [0, 0.1) is 11.3 Å². The van der Waals surface area contributed by atoms with Crippen LogP contribution in [-0.4, -0.2) is 16.9 Å². The first-order chi connectivity index (χ1) is 7.50. The van der Waals surface area contributed by atoms with Crippen molar-refractivity contribution in [2.45, 2.75) is 58.8 Å². The van der Waals surface area contributed by atoms with Crippen LogP contribution in [0.25, 0.3) is 0 Å². The molecular weight excluding hydrogens is 204 g/mol. The Morgan fingerprint density at radius 2 is 2.19 bits per heavy atom. The van der Waals surface area contributed by atoms with Gasteiger partial charge in [-0.3, -0.25) is 9.59 Å². The van der Waals surface area contributed by atoms with Gasteiger partial charge in [0.2, 0.25) is 0 Å². The van der Waals surface area contributed by atoms with E-state index in [4.69, 9.17) is 0 Å². The van der Waals surface area contributed by atoms with Gasteiger partial charge in [0.1, 0.15) is 5.78 Å². The van der Waals surface area contributed by atoms with Crippen molar-refractivity contribution >= 4 is 11.8 Å². The number of rotatable bonds is 6. The van der Waals surface area contributed by atoms with Crippen molar-refractivity contribution in [1.82, 2.24) is 0 Å². The van der Waals surface area contributed by atoms with E-state index in [2.05, 4.69) is 6.92 Å². The molecule has 1 rings (SSSR count). The molecule has 1 aliphatic carbocycles. The number of carboxylic acids is 1. The molecule has 1 N–H and O–H groups in total. The lowest BCUT2D eigenvalue weighted by Crippen LogP contribution is -2.35. The SMILES string of the molecule is CCCCCC(C)(C(=O)O)C1CCC(=O)C1. The molecule has 0 radical (unpaired) electrons. The normalized spacial score (nSPS) is 24.4. The smallest absolute Gasteiger partial charge is 0.309 e. The molecule has 0 bridgehead atoms. The van der Waals surface area contributed by atoms with Crippen molar-refractivity contribution < 1.29 is 14.7 Å². The zero-order valence-electron chi connectivity index (χ0n) is 10.3. The fourth-order valence-corrected chi connectivity index (χ4v) is 2.59. The van der Waals surface area contributed by atoms with E-state index in [1.54, 1.807) is 0 Å². The maximum Gasteiger partial charge on any atom is 0.309 e. The van der Waals surface area contributed by atoms with Gasteiger partial charge in [-0.25, -0.2) is 0 Å². The Labute approximate surface area is 97.2 Å². The molecule has 0 aromatic carbocycles. The Hall–Kier alpha value is -0.860. The summed E-state index contributed by atoms with van der Waals surface area (Å²) in [6, 6.07) is 0. The molecule has 3 heteroatoms. The molecule has 0 aromatic rings. The number of unbranched alkanes of at least 4 members (excludes halogenated alkanes) is 2. The van der Waals surface area contributed by atoms with Gasteiger partial charge in [0.05, 0.1) is 5.41 Å². The molecule has 2 unspecified atom stereocenters. The Morgan fingerprint density at radius 1 is 1.50 bits per heavy atom. The standard InChI is InChI=1S/C13H22O3/c1-3-4-5-8-13(2,12(15)16)10-6-7-11(14)9-10/h10H,3-9H2,1-2H3,(H,15,16). The number of Topliss-reactive ketones (excluding diaryl/α,β-unsaturated/α-hetero) is 1. The first-order valence-corrected chi connectivity index (χ1v) is 6.25. The first kappa shape index (κ1) is 13.2. The summed E-state index contributed by atoms with van der Waals surface area (Å²) in [7, 11) is 0. The van der Waals surface area contributed by atoms with Gasteiger partial charge in [0.15, 0.2) is 0 Å². The van der Waals surface area contributed by atoms with Gasteiger partial charge < -0.3 is 5.11 Å². The average Bonchev–Trinajstić information content (AvgIpc) is 2.65. The van der Waals surface area contributed by atoms with Gasteiger partial charge in [-0.05, 0) is 25.7 Å². The molecule has 0 spiro atoms. The van der Waals surface area contributed by atoms with E-state index in [9.17, 15) is 14.7 Å². The molecule has 16 heavy (non-hydrogen) atoms. The van der Waals surface area contributed by atoms with Crippen LogP contribution >= 0.6 is 0 Å². The highest BCUT2D eigenvalue weighted by Crippen LogP contribution is 2.42. The quantitative estimate of drug-likeness (QED) is 0.708. The average molecular weight is 226 g/mol. The van der Waals surface area contributed by atoms with Crippen molar-refractivity contribution in [3.8, 4) is 0 Å². The van der Waals surface area contributed by atoms with E-state index >= 15 is 0 Å². The second-order valence-corrected chi connectivity index (χ2v) is 5.16. The van der Waals surface area contributed by atoms with E-state index in [1.807, 2.05) is 6.92 Å². The predicted octanol–water partition coefficient (Wildman–Crippen LogP) is 3.03. The van der Waals surface area contributed by atoms with Crippen LogP contribution in [0.15, 0.2) is 0 Å². The molecule has 92 valence electrons. The maximum absolute atomic E-state index is 11.4. The number of hydrogen-bond acceptors (Lipinski definition) is 2. The fourth-order valence-electron chi connectivity index (χ4n) is 2.59. The zero-order chi connectivity index (χ0) is 12.2. The summed E-state index contributed by atoms with van der Waals surface area (Å²) < 4.78 is 0.